The molecule has 62 valence electrons. The minimum Gasteiger partial charge on any atom is -0.391 e. The molecule has 10 heavy (non-hydrogen) atoms. The van der Waals surface area contributed by atoms with Crippen LogP contribution < -0.4 is 0 Å². The number of rotatable bonds is 3. The van der Waals surface area contributed by atoms with Crippen LogP contribution in [0.3, 0.4) is 0 Å². The van der Waals surface area contributed by atoms with Crippen LogP contribution in [0, 0.1) is 0 Å². The van der Waals surface area contributed by atoms with Gasteiger partial charge in [0.2, 0.25) is 0 Å². The van der Waals surface area contributed by atoms with Gasteiger partial charge in [-0.1, -0.05) is 0 Å². The van der Waals surface area contributed by atoms with E-state index in [1.54, 1.807) is 0 Å². The predicted molar refractivity (Wildman–Crippen MR) is 34.6 cm³/mol. The Morgan fingerprint density at radius 3 is 1.70 bits per heavy atom. The van der Waals surface area contributed by atoms with Crippen molar-refractivity contribution in [1.29, 1.82) is 0 Å². The molecule has 0 amide bonds. The van der Waals surface area contributed by atoms with Crippen molar-refractivity contribution in [2.45, 2.75) is 26.1 Å². The Morgan fingerprint density at radius 1 is 1.20 bits per heavy atom. The van der Waals surface area contributed by atoms with E-state index in [1.165, 1.54) is 13.8 Å². The van der Waals surface area contributed by atoms with Crippen LogP contribution in [0.25, 0.3) is 0 Å². The summed E-state index contributed by atoms with van der Waals surface area (Å²) in [7, 11) is -4.44. The summed E-state index contributed by atoms with van der Waals surface area (Å²) in [6.45, 7) is 2.85. The topological polar surface area (TPSA) is 90.2 Å². The second-order valence-corrected chi connectivity index (χ2v) is 3.52. The first-order valence-corrected chi connectivity index (χ1v) is 4.61. The molecule has 0 heterocycles. The molecule has 0 aromatic carbocycles. The highest BCUT2D eigenvalue weighted by molar-refractivity contribution is 6.48. The van der Waals surface area contributed by atoms with Gasteiger partial charge in [-0.05, 0) is 13.8 Å². The van der Waals surface area contributed by atoms with Gasteiger partial charge in [0, 0.05) is 0 Å². The van der Waals surface area contributed by atoms with E-state index in [-0.39, 0.29) is 0 Å². The van der Waals surface area contributed by atoms with Gasteiger partial charge >= 0.3 is 9.05 Å². The Morgan fingerprint density at radius 2 is 1.60 bits per heavy atom. The van der Waals surface area contributed by atoms with Crippen LogP contribution in [0.1, 0.15) is 13.8 Å². The first-order chi connectivity index (χ1) is 4.33. The van der Waals surface area contributed by atoms with Crippen molar-refractivity contribution >= 4 is 9.05 Å². The second-order valence-electron chi connectivity index (χ2n) is 2.14. The summed E-state index contributed by atoms with van der Waals surface area (Å²) >= 11 is 0. The molecule has 0 aliphatic rings. The zero-order valence-corrected chi connectivity index (χ0v) is 6.85. The summed E-state index contributed by atoms with van der Waals surface area (Å²) in [5.74, 6) is 0. The van der Waals surface area contributed by atoms with Gasteiger partial charge in [0.25, 0.3) is 0 Å². The molecule has 0 aromatic rings. The maximum Gasteiger partial charge on any atom is 0.671 e. The normalized spacial score (nSPS) is 18.6. The van der Waals surface area contributed by atoms with Crippen LogP contribution in [-0.4, -0.2) is 40.7 Å². The summed E-state index contributed by atoms with van der Waals surface area (Å²) in [5.41, 5.74) is 0. The van der Waals surface area contributed by atoms with Gasteiger partial charge < -0.3 is 23.9 Å². The van der Waals surface area contributed by atoms with Crippen LogP contribution in [-0.2, 0) is 4.43 Å². The Balaban J connectivity index is 3.68. The van der Waals surface area contributed by atoms with Crippen molar-refractivity contribution in [1.82, 2.24) is 0 Å². The largest absolute Gasteiger partial charge is 0.671 e. The van der Waals surface area contributed by atoms with Crippen LogP contribution in [0.15, 0.2) is 0 Å². The highest BCUT2D eigenvalue weighted by atomic mass is 28.4. The molecule has 0 spiro atoms. The molecule has 2 unspecified atom stereocenters. The fraction of sp³-hybridized carbons (Fsp3) is 1.00. The fourth-order valence-electron chi connectivity index (χ4n) is 0.348. The monoisotopic (exact) mass is 168 g/mol. The minimum absolute atomic E-state index is 0.772. The molecule has 0 aliphatic heterocycles. The first kappa shape index (κ1) is 10.0. The molecular weight excluding hydrogens is 156 g/mol. The van der Waals surface area contributed by atoms with Gasteiger partial charge in [0.1, 0.15) is 0 Å². The summed E-state index contributed by atoms with van der Waals surface area (Å²) in [4.78, 5) is 25.1. The molecule has 0 aromatic heterocycles. The van der Waals surface area contributed by atoms with E-state index in [0.29, 0.717) is 0 Å². The van der Waals surface area contributed by atoms with E-state index in [2.05, 4.69) is 4.43 Å². The van der Waals surface area contributed by atoms with Crippen molar-refractivity contribution in [3.8, 4) is 0 Å². The molecule has 0 fully saturated rings. The summed E-state index contributed by atoms with van der Waals surface area (Å²) in [6, 6.07) is 0. The quantitative estimate of drug-likeness (QED) is 0.373. The standard InChI is InChI=1S/C4H12O5Si/c1-3(5)4(2)9-10(6,7)8/h3-8H,1-2H3. The third kappa shape index (κ3) is 4.85. The highest BCUT2D eigenvalue weighted by Crippen LogP contribution is 2.01. The Hall–Kier alpha value is 0.0169. The summed E-state index contributed by atoms with van der Waals surface area (Å²) in [6.07, 6.45) is -1.61. The van der Waals surface area contributed by atoms with Crippen LogP contribution in [0.4, 0.5) is 0 Å². The molecule has 0 aliphatic carbocycles. The van der Waals surface area contributed by atoms with Crippen molar-refractivity contribution in [2.75, 3.05) is 0 Å². The summed E-state index contributed by atoms with van der Waals surface area (Å²) < 4.78 is 4.25. The molecule has 2 atom stereocenters. The molecule has 4 N–H and O–H groups in total. The van der Waals surface area contributed by atoms with Crippen LogP contribution in [0.2, 0.25) is 0 Å². The van der Waals surface area contributed by atoms with Crippen LogP contribution >= 0.6 is 0 Å². The molecule has 0 saturated heterocycles. The zero-order valence-electron chi connectivity index (χ0n) is 5.85. The Bertz CT molecular complexity index is 98.3. The van der Waals surface area contributed by atoms with Gasteiger partial charge in [-0.3, -0.25) is 0 Å². The maximum absolute atomic E-state index is 8.75. The first-order valence-electron chi connectivity index (χ1n) is 2.86. The lowest BCUT2D eigenvalue weighted by atomic mass is 10.3. The molecular formula is C4H12O5Si. The predicted octanol–water partition coefficient (Wildman–Crippen LogP) is -1.82. The lowest BCUT2D eigenvalue weighted by Crippen LogP contribution is -2.44. The molecule has 0 radical (unpaired) electrons. The molecule has 0 bridgehead atoms. The Labute approximate surface area is 60.0 Å². The van der Waals surface area contributed by atoms with Crippen molar-refractivity contribution in [3.63, 3.8) is 0 Å². The molecule has 6 heteroatoms. The average Bonchev–Trinajstić information content (AvgIpc) is 1.60. The van der Waals surface area contributed by atoms with Gasteiger partial charge in [-0.15, -0.1) is 0 Å². The highest BCUT2D eigenvalue weighted by Gasteiger charge is 2.34. The lowest BCUT2D eigenvalue weighted by Gasteiger charge is -2.18. The summed E-state index contributed by atoms with van der Waals surface area (Å²) in [5, 5.41) is 8.75. The van der Waals surface area contributed by atoms with E-state index in [1.807, 2.05) is 0 Å². The van der Waals surface area contributed by atoms with Gasteiger partial charge in [-0.25, -0.2) is 0 Å². The fourth-order valence-corrected chi connectivity index (χ4v) is 1.04. The third-order valence-corrected chi connectivity index (χ3v) is 1.71. The molecule has 5 nitrogen and oxygen atoms in total. The van der Waals surface area contributed by atoms with E-state index in [9.17, 15) is 0 Å². The minimum atomic E-state index is -4.44. The lowest BCUT2D eigenvalue weighted by molar-refractivity contribution is -0.0224. The van der Waals surface area contributed by atoms with Gasteiger partial charge in [-0.2, -0.15) is 0 Å². The van der Waals surface area contributed by atoms with E-state index < -0.39 is 21.3 Å². The van der Waals surface area contributed by atoms with Crippen molar-refractivity contribution < 1.29 is 23.9 Å². The van der Waals surface area contributed by atoms with E-state index in [4.69, 9.17) is 19.5 Å². The molecule has 0 saturated carbocycles. The average molecular weight is 168 g/mol. The van der Waals surface area contributed by atoms with E-state index in [0.717, 1.165) is 0 Å². The van der Waals surface area contributed by atoms with Crippen molar-refractivity contribution in [2.24, 2.45) is 0 Å². The third-order valence-electron chi connectivity index (χ3n) is 1.02. The van der Waals surface area contributed by atoms with Gasteiger partial charge in [0.05, 0.1) is 12.2 Å². The van der Waals surface area contributed by atoms with Crippen LogP contribution in [0.5, 0.6) is 0 Å². The SMILES string of the molecule is CC(O)C(C)O[Si](O)(O)O. The number of aliphatic hydroxyl groups is 1. The Kier molecular flexibility index (Phi) is 3.43. The zero-order chi connectivity index (χ0) is 8.36. The maximum atomic E-state index is 8.75. The molecule has 0 rings (SSSR count). The number of hydrogen-bond donors (Lipinski definition) is 4. The smallest absolute Gasteiger partial charge is 0.391 e. The second kappa shape index (κ2) is 3.42. The van der Waals surface area contributed by atoms with Gasteiger partial charge in [0.15, 0.2) is 0 Å². The van der Waals surface area contributed by atoms with E-state index >= 15 is 0 Å². The van der Waals surface area contributed by atoms with Crippen molar-refractivity contribution in [3.05, 3.63) is 0 Å². The number of hydrogen-bond acceptors (Lipinski definition) is 5. The number of aliphatic hydroxyl groups excluding tert-OH is 1.